The Morgan fingerprint density at radius 2 is 1.96 bits per heavy atom. The minimum absolute atomic E-state index is 0.192. The molecule has 7 heteroatoms. The molecule has 148 valence electrons. The van der Waals surface area contributed by atoms with Crippen molar-refractivity contribution in [3.05, 3.63) is 63.5 Å². The minimum Gasteiger partial charge on any atom is -0.388 e. The van der Waals surface area contributed by atoms with Crippen molar-refractivity contribution in [3.63, 3.8) is 0 Å². The van der Waals surface area contributed by atoms with E-state index in [-0.39, 0.29) is 17.9 Å². The Balaban J connectivity index is 1.43. The fourth-order valence-electron chi connectivity index (χ4n) is 3.96. The second-order valence-corrected chi connectivity index (χ2v) is 7.89. The number of rotatable bonds is 4. The average Bonchev–Trinajstić information content (AvgIpc) is 2.96. The predicted octanol–water partition coefficient (Wildman–Crippen LogP) is 2.51. The number of likely N-dealkylation sites (tertiary alicyclic amines) is 1. The minimum atomic E-state index is -0.931. The second-order valence-electron chi connectivity index (χ2n) is 7.89. The number of aliphatic hydroxyl groups is 1. The Morgan fingerprint density at radius 1 is 1.21 bits per heavy atom. The van der Waals surface area contributed by atoms with Gasteiger partial charge < -0.3 is 10.1 Å². The number of aryl methyl sites for hydroxylation is 2. The zero-order chi connectivity index (χ0) is 19.9. The summed E-state index contributed by atoms with van der Waals surface area (Å²) < 4.78 is 14.9. The van der Waals surface area contributed by atoms with Crippen LogP contribution in [-0.2, 0) is 13.1 Å². The highest BCUT2D eigenvalue weighted by molar-refractivity contribution is 5.84. The monoisotopic (exact) mass is 384 g/mol. The summed E-state index contributed by atoms with van der Waals surface area (Å²) in [5.41, 5.74) is 2.70. The molecular weight excluding hydrogens is 359 g/mol. The van der Waals surface area contributed by atoms with Crippen LogP contribution in [-0.4, -0.2) is 43.5 Å². The summed E-state index contributed by atoms with van der Waals surface area (Å²) >= 11 is 0. The lowest BCUT2D eigenvalue weighted by atomic mass is 9.91. The molecule has 0 bridgehead atoms. The van der Waals surface area contributed by atoms with Gasteiger partial charge in [-0.05, 0) is 56.5 Å². The van der Waals surface area contributed by atoms with Crippen LogP contribution in [0.3, 0.4) is 0 Å². The van der Waals surface area contributed by atoms with Gasteiger partial charge in [0.1, 0.15) is 5.82 Å². The van der Waals surface area contributed by atoms with Crippen LogP contribution >= 0.6 is 0 Å². The molecule has 0 atom stereocenters. The first kappa shape index (κ1) is 18.8. The molecule has 1 aliphatic heterocycles. The predicted molar refractivity (Wildman–Crippen MR) is 106 cm³/mol. The van der Waals surface area contributed by atoms with Crippen molar-refractivity contribution in [3.8, 4) is 0 Å². The zero-order valence-electron chi connectivity index (χ0n) is 16.2. The summed E-state index contributed by atoms with van der Waals surface area (Å²) in [4.78, 5) is 17.6. The van der Waals surface area contributed by atoms with Gasteiger partial charge in [0.05, 0.1) is 17.8 Å². The maximum Gasteiger partial charge on any atom is 0.266 e. The van der Waals surface area contributed by atoms with Crippen molar-refractivity contribution in [2.24, 2.45) is 0 Å². The van der Waals surface area contributed by atoms with E-state index in [4.69, 9.17) is 0 Å². The first-order valence-electron chi connectivity index (χ1n) is 9.59. The molecule has 3 aromatic rings. The van der Waals surface area contributed by atoms with Crippen molar-refractivity contribution >= 4 is 10.9 Å². The maximum absolute atomic E-state index is 13.5. The van der Waals surface area contributed by atoms with Gasteiger partial charge in [0.15, 0.2) is 0 Å². The highest BCUT2D eigenvalue weighted by Gasteiger charge is 2.33. The molecular formula is C21H25FN4O2. The summed E-state index contributed by atoms with van der Waals surface area (Å²) in [5, 5.41) is 16.1. The Morgan fingerprint density at radius 3 is 2.71 bits per heavy atom. The Kier molecular flexibility index (Phi) is 4.81. The topological polar surface area (TPSA) is 74.2 Å². The third-order valence-corrected chi connectivity index (χ3v) is 5.74. The smallest absolute Gasteiger partial charge is 0.266 e. The van der Waals surface area contributed by atoms with Crippen LogP contribution in [0.15, 0.2) is 35.1 Å². The summed E-state index contributed by atoms with van der Waals surface area (Å²) in [5.74, 6) is -0.232. The lowest BCUT2D eigenvalue weighted by molar-refractivity contribution is -0.0392. The van der Waals surface area contributed by atoms with E-state index in [0.717, 1.165) is 47.5 Å². The van der Waals surface area contributed by atoms with Gasteiger partial charge in [-0.15, -0.1) is 0 Å². The molecule has 0 radical (unpaired) electrons. The molecule has 28 heavy (non-hydrogen) atoms. The van der Waals surface area contributed by atoms with Crippen LogP contribution in [0.5, 0.6) is 0 Å². The summed E-state index contributed by atoms with van der Waals surface area (Å²) in [6.07, 6.45) is 1.14. The molecule has 0 amide bonds. The summed E-state index contributed by atoms with van der Waals surface area (Å²) in [6, 6.07) is 7.96. The van der Waals surface area contributed by atoms with Gasteiger partial charge in [0, 0.05) is 42.3 Å². The number of fused-ring (bicyclic) bond motifs is 1. The fourth-order valence-corrected chi connectivity index (χ4v) is 3.96. The first-order valence-corrected chi connectivity index (χ1v) is 9.59. The van der Waals surface area contributed by atoms with Crippen LogP contribution in [0.4, 0.5) is 4.39 Å². The van der Waals surface area contributed by atoms with Crippen LogP contribution in [0.1, 0.15) is 29.8 Å². The molecule has 0 unspecified atom stereocenters. The molecule has 2 N–H and O–H groups in total. The lowest BCUT2D eigenvalue weighted by Crippen LogP contribution is -2.48. The number of halogens is 1. The van der Waals surface area contributed by atoms with Gasteiger partial charge >= 0.3 is 0 Å². The van der Waals surface area contributed by atoms with E-state index < -0.39 is 5.60 Å². The number of aromatic amines is 1. The first-order chi connectivity index (χ1) is 13.3. The van der Waals surface area contributed by atoms with Gasteiger partial charge in [-0.3, -0.25) is 9.69 Å². The third kappa shape index (κ3) is 3.72. The number of hydrogen-bond acceptors (Lipinski definition) is 4. The van der Waals surface area contributed by atoms with Crippen molar-refractivity contribution in [2.75, 3.05) is 13.1 Å². The molecule has 0 aliphatic carbocycles. The number of benzene rings is 1. The number of nitrogens with zero attached hydrogens (tertiary/aromatic N) is 3. The largest absolute Gasteiger partial charge is 0.388 e. The molecule has 1 aliphatic rings. The van der Waals surface area contributed by atoms with E-state index in [2.05, 4.69) is 15.0 Å². The molecule has 0 saturated carbocycles. The molecule has 6 nitrogen and oxygen atoms in total. The normalized spacial score (nSPS) is 17.3. The maximum atomic E-state index is 13.5. The second kappa shape index (κ2) is 7.14. The lowest BCUT2D eigenvalue weighted by Gasteiger charge is -2.38. The van der Waals surface area contributed by atoms with E-state index in [1.807, 2.05) is 13.8 Å². The SMILES string of the molecule is Cc1ccc(=O)n(CC2(O)CCN(Cc3[nH]c4ccc(F)cc4c3C)CC2)n1. The standard InChI is InChI=1S/C21H25FN4O2/c1-14-3-6-20(27)26(24-14)13-21(28)7-9-25(10-8-21)12-19-15(2)17-11-16(22)4-5-18(17)23-19/h3-6,11,23,28H,7-10,12-13H2,1-2H3. The van der Waals surface area contributed by atoms with Crippen molar-refractivity contribution < 1.29 is 9.50 Å². The average molecular weight is 384 g/mol. The van der Waals surface area contributed by atoms with Crippen LogP contribution < -0.4 is 5.56 Å². The zero-order valence-corrected chi connectivity index (χ0v) is 16.2. The molecule has 0 spiro atoms. The molecule has 4 rings (SSSR count). The van der Waals surface area contributed by atoms with Crippen LogP contribution in [0.2, 0.25) is 0 Å². The van der Waals surface area contributed by atoms with Gasteiger partial charge in [0.2, 0.25) is 0 Å². The molecule has 3 heterocycles. The van der Waals surface area contributed by atoms with Crippen molar-refractivity contribution in [1.29, 1.82) is 0 Å². The van der Waals surface area contributed by atoms with Crippen LogP contribution in [0, 0.1) is 19.7 Å². The Bertz CT molecular complexity index is 1060. The van der Waals surface area contributed by atoms with Gasteiger partial charge in [0.25, 0.3) is 5.56 Å². The van der Waals surface area contributed by atoms with Crippen molar-refractivity contribution in [1.82, 2.24) is 19.7 Å². The van der Waals surface area contributed by atoms with Gasteiger partial charge in [-0.2, -0.15) is 5.10 Å². The number of H-pyrrole nitrogens is 1. The highest BCUT2D eigenvalue weighted by atomic mass is 19.1. The molecule has 2 aromatic heterocycles. The number of hydrogen-bond donors (Lipinski definition) is 2. The molecule has 1 aromatic carbocycles. The summed E-state index contributed by atoms with van der Waals surface area (Å²) in [6.45, 7) is 6.22. The fraction of sp³-hybridized carbons (Fsp3) is 0.429. The highest BCUT2D eigenvalue weighted by Crippen LogP contribution is 2.27. The molecule has 1 saturated heterocycles. The number of aromatic nitrogens is 3. The quantitative estimate of drug-likeness (QED) is 0.725. The Labute approximate surface area is 162 Å². The van der Waals surface area contributed by atoms with E-state index in [1.165, 1.54) is 16.8 Å². The summed E-state index contributed by atoms with van der Waals surface area (Å²) in [7, 11) is 0. The van der Waals surface area contributed by atoms with Crippen molar-refractivity contribution in [2.45, 2.75) is 45.4 Å². The Hall–Kier alpha value is -2.51. The van der Waals surface area contributed by atoms with Gasteiger partial charge in [-0.25, -0.2) is 9.07 Å². The van der Waals surface area contributed by atoms with E-state index >= 15 is 0 Å². The van der Waals surface area contributed by atoms with Crippen LogP contribution in [0.25, 0.3) is 10.9 Å². The number of nitrogens with one attached hydrogen (secondary N) is 1. The van der Waals surface area contributed by atoms with E-state index in [9.17, 15) is 14.3 Å². The van der Waals surface area contributed by atoms with Gasteiger partial charge in [-0.1, -0.05) is 0 Å². The number of piperidine rings is 1. The van der Waals surface area contributed by atoms with E-state index in [1.54, 1.807) is 18.2 Å². The third-order valence-electron chi connectivity index (χ3n) is 5.74. The van der Waals surface area contributed by atoms with E-state index in [0.29, 0.717) is 12.8 Å². The molecule has 1 fully saturated rings.